The maximum atomic E-state index is 6.57. The molecule has 0 bridgehead atoms. The quantitative estimate of drug-likeness (QED) is 0.815. The molecule has 2 heteroatoms. The molecule has 1 aliphatic heterocycles. The lowest BCUT2D eigenvalue weighted by atomic mass is 9.81. The van der Waals surface area contributed by atoms with E-state index in [4.69, 9.17) is 5.73 Å². The topological polar surface area (TPSA) is 29.3 Å². The summed E-state index contributed by atoms with van der Waals surface area (Å²) < 4.78 is 0. The van der Waals surface area contributed by atoms with E-state index in [1.54, 1.807) is 0 Å². The molecule has 0 aromatic heterocycles. The Balaban J connectivity index is 1.88. The fourth-order valence-electron chi connectivity index (χ4n) is 3.85. The van der Waals surface area contributed by atoms with Gasteiger partial charge in [-0.25, -0.2) is 0 Å². The second-order valence-electron chi connectivity index (χ2n) is 6.59. The van der Waals surface area contributed by atoms with Gasteiger partial charge in [-0.1, -0.05) is 33.1 Å². The number of hydrogen-bond acceptors (Lipinski definition) is 2. The van der Waals surface area contributed by atoms with Gasteiger partial charge in [-0.15, -0.1) is 0 Å². The third-order valence-corrected chi connectivity index (χ3v) is 5.41. The van der Waals surface area contributed by atoms with Crippen molar-refractivity contribution >= 4 is 0 Å². The van der Waals surface area contributed by atoms with Crippen molar-refractivity contribution in [2.24, 2.45) is 11.1 Å². The van der Waals surface area contributed by atoms with E-state index in [0.717, 1.165) is 6.54 Å². The summed E-state index contributed by atoms with van der Waals surface area (Å²) in [5, 5.41) is 0. The van der Waals surface area contributed by atoms with E-state index < -0.39 is 0 Å². The lowest BCUT2D eigenvalue weighted by Gasteiger charge is -2.37. The van der Waals surface area contributed by atoms with E-state index in [2.05, 4.69) is 18.7 Å². The summed E-state index contributed by atoms with van der Waals surface area (Å²) in [5.74, 6) is 0. The predicted molar refractivity (Wildman–Crippen MR) is 74.1 cm³/mol. The zero-order valence-corrected chi connectivity index (χ0v) is 11.8. The Morgan fingerprint density at radius 1 is 1.00 bits per heavy atom. The summed E-state index contributed by atoms with van der Waals surface area (Å²) in [4.78, 5) is 2.65. The van der Waals surface area contributed by atoms with Crippen LogP contribution in [0.4, 0.5) is 0 Å². The molecule has 0 aromatic carbocycles. The normalized spacial score (nSPS) is 28.4. The zero-order chi connectivity index (χ0) is 12.4. The summed E-state index contributed by atoms with van der Waals surface area (Å²) in [6, 6.07) is 0. The highest BCUT2D eigenvalue weighted by Crippen LogP contribution is 2.38. The molecule has 100 valence electrons. The van der Waals surface area contributed by atoms with Crippen LogP contribution < -0.4 is 5.73 Å². The first-order valence-corrected chi connectivity index (χ1v) is 7.63. The molecule has 1 heterocycles. The van der Waals surface area contributed by atoms with E-state index in [1.165, 1.54) is 64.5 Å². The molecule has 2 N–H and O–H groups in total. The average molecular weight is 238 g/mol. The molecule has 2 aliphatic rings. The van der Waals surface area contributed by atoms with Gasteiger partial charge < -0.3 is 10.6 Å². The predicted octanol–water partition coefficient (Wildman–Crippen LogP) is 3.16. The first-order chi connectivity index (χ1) is 8.11. The highest BCUT2D eigenvalue weighted by Gasteiger charge is 2.38. The van der Waals surface area contributed by atoms with Gasteiger partial charge in [0.1, 0.15) is 0 Å². The van der Waals surface area contributed by atoms with Gasteiger partial charge >= 0.3 is 0 Å². The molecule has 17 heavy (non-hydrogen) atoms. The Hall–Kier alpha value is -0.0800. The molecule has 0 atom stereocenters. The van der Waals surface area contributed by atoms with Gasteiger partial charge in [0.15, 0.2) is 0 Å². The summed E-state index contributed by atoms with van der Waals surface area (Å²) in [6.45, 7) is 8.42. The van der Waals surface area contributed by atoms with Gasteiger partial charge in [-0.3, -0.25) is 0 Å². The minimum atomic E-state index is 0.135. The molecule has 1 aliphatic carbocycles. The average Bonchev–Trinajstić information content (AvgIpc) is 2.73. The SMILES string of the molecule is CCC1(CC)CCN(CC2(N)CCCCC2)C1. The fourth-order valence-corrected chi connectivity index (χ4v) is 3.85. The Morgan fingerprint density at radius 2 is 1.65 bits per heavy atom. The molecule has 0 spiro atoms. The molecular weight excluding hydrogens is 208 g/mol. The van der Waals surface area contributed by atoms with Crippen LogP contribution in [-0.2, 0) is 0 Å². The van der Waals surface area contributed by atoms with Crippen molar-refractivity contribution < 1.29 is 0 Å². The van der Waals surface area contributed by atoms with Gasteiger partial charge in [0.25, 0.3) is 0 Å². The molecule has 1 saturated heterocycles. The zero-order valence-electron chi connectivity index (χ0n) is 11.8. The van der Waals surface area contributed by atoms with Crippen molar-refractivity contribution in [2.45, 2.75) is 70.8 Å². The van der Waals surface area contributed by atoms with Crippen LogP contribution >= 0.6 is 0 Å². The molecule has 0 unspecified atom stereocenters. The van der Waals surface area contributed by atoms with Crippen molar-refractivity contribution in [2.75, 3.05) is 19.6 Å². The van der Waals surface area contributed by atoms with Crippen LogP contribution in [0.3, 0.4) is 0 Å². The number of likely N-dealkylation sites (tertiary alicyclic amines) is 1. The Kier molecular flexibility index (Phi) is 4.14. The van der Waals surface area contributed by atoms with Crippen LogP contribution in [0.1, 0.15) is 65.2 Å². The summed E-state index contributed by atoms with van der Waals surface area (Å²) in [5.41, 5.74) is 7.31. The van der Waals surface area contributed by atoms with Crippen LogP contribution in [0.15, 0.2) is 0 Å². The van der Waals surface area contributed by atoms with Crippen molar-refractivity contribution in [1.82, 2.24) is 4.90 Å². The highest BCUT2D eigenvalue weighted by atomic mass is 15.2. The van der Waals surface area contributed by atoms with E-state index >= 15 is 0 Å². The maximum absolute atomic E-state index is 6.57. The molecular formula is C15H30N2. The smallest absolute Gasteiger partial charge is 0.0283 e. The molecule has 2 nitrogen and oxygen atoms in total. The minimum Gasteiger partial charge on any atom is -0.324 e. The highest BCUT2D eigenvalue weighted by molar-refractivity contribution is 4.95. The molecule has 0 radical (unpaired) electrons. The van der Waals surface area contributed by atoms with Gasteiger partial charge in [0.2, 0.25) is 0 Å². The fraction of sp³-hybridized carbons (Fsp3) is 1.00. The van der Waals surface area contributed by atoms with Crippen molar-refractivity contribution in [3.8, 4) is 0 Å². The lowest BCUT2D eigenvalue weighted by Crippen LogP contribution is -2.51. The number of nitrogens with two attached hydrogens (primary N) is 1. The Bertz CT molecular complexity index is 239. The van der Waals surface area contributed by atoms with Crippen molar-refractivity contribution in [3.05, 3.63) is 0 Å². The summed E-state index contributed by atoms with van der Waals surface area (Å²) >= 11 is 0. The van der Waals surface area contributed by atoms with E-state index in [-0.39, 0.29) is 5.54 Å². The summed E-state index contributed by atoms with van der Waals surface area (Å²) in [7, 11) is 0. The summed E-state index contributed by atoms with van der Waals surface area (Å²) in [6.07, 6.45) is 10.6. The maximum Gasteiger partial charge on any atom is 0.0283 e. The third-order valence-electron chi connectivity index (χ3n) is 5.41. The van der Waals surface area contributed by atoms with E-state index in [0.29, 0.717) is 5.41 Å². The van der Waals surface area contributed by atoms with Gasteiger partial charge in [0.05, 0.1) is 0 Å². The number of nitrogens with zero attached hydrogens (tertiary/aromatic N) is 1. The molecule has 2 rings (SSSR count). The van der Waals surface area contributed by atoms with Crippen molar-refractivity contribution in [3.63, 3.8) is 0 Å². The molecule has 0 amide bonds. The van der Waals surface area contributed by atoms with Crippen LogP contribution in [-0.4, -0.2) is 30.1 Å². The Labute approximate surface area is 107 Å². The van der Waals surface area contributed by atoms with Crippen LogP contribution in [0.2, 0.25) is 0 Å². The molecule has 1 saturated carbocycles. The lowest BCUT2D eigenvalue weighted by molar-refractivity contribution is 0.174. The standard InChI is InChI=1S/C15H30N2/c1-3-14(4-2)10-11-17(12-14)13-15(16)8-6-5-7-9-15/h3-13,16H2,1-2H3. The monoisotopic (exact) mass is 238 g/mol. The first kappa shape index (κ1) is 13.4. The van der Waals surface area contributed by atoms with Crippen molar-refractivity contribution in [1.29, 1.82) is 0 Å². The van der Waals surface area contributed by atoms with E-state index in [9.17, 15) is 0 Å². The van der Waals surface area contributed by atoms with Crippen LogP contribution in [0.25, 0.3) is 0 Å². The number of hydrogen-bond donors (Lipinski definition) is 1. The first-order valence-electron chi connectivity index (χ1n) is 7.63. The van der Waals surface area contributed by atoms with Gasteiger partial charge in [0, 0.05) is 18.6 Å². The number of rotatable bonds is 4. The minimum absolute atomic E-state index is 0.135. The molecule has 0 aromatic rings. The van der Waals surface area contributed by atoms with Gasteiger partial charge in [-0.05, 0) is 44.1 Å². The second-order valence-corrected chi connectivity index (χ2v) is 6.59. The molecule has 2 fully saturated rings. The Morgan fingerprint density at radius 3 is 2.18 bits per heavy atom. The van der Waals surface area contributed by atoms with Crippen LogP contribution in [0, 0.1) is 5.41 Å². The third kappa shape index (κ3) is 3.03. The van der Waals surface area contributed by atoms with Gasteiger partial charge in [-0.2, -0.15) is 0 Å². The van der Waals surface area contributed by atoms with E-state index in [1.807, 2.05) is 0 Å². The largest absolute Gasteiger partial charge is 0.324 e. The second kappa shape index (κ2) is 5.27. The van der Waals surface area contributed by atoms with Crippen LogP contribution in [0.5, 0.6) is 0 Å².